The van der Waals surface area contributed by atoms with E-state index in [0.29, 0.717) is 16.9 Å². The molecule has 0 aliphatic carbocycles. The summed E-state index contributed by atoms with van der Waals surface area (Å²) in [5.74, 6) is -2.97. The molecular weight excluding hydrogens is 368 g/mol. The van der Waals surface area contributed by atoms with Gasteiger partial charge in [0.25, 0.3) is 5.91 Å². The summed E-state index contributed by atoms with van der Waals surface area (Å²) in [4.78, 5) is 25.1. The molecule has 9 heteroatoms. The van der Waals surface area contributed by atoms with Crippen LogP contribution >= 0.6 is 0 Å². The molecule has 0 radical (unpaired) electrons. The molecule has 1 aromatic carbocycles. The van der Waals surface area contributed by atoms with E-state index >= 15 is 0 Å². The second-order valence-corrected chi connectivity index (χ2v) is 6.16. The van der Waals surface area contributed by atoms with Crippen LogP contribution in [0.1, 0.15) is 22.5 Å². The first-order chi connectivity index (χ1) is 11.8. The maximum atomic E-state index is 13.0. The van der Waals surface area contributed by atoms with Gasteiger partial charge in [-0.1, -0.05) is 0 Å². The Morgan fingerprint density at radius 3 is 2.54 bits per heavy atom. The molecule has 0 bridgehead atoms. The van der Waals surface area contributed by atoms with Crippen molar-refractivity contribution in [3.05, 3.63) is 47.5 Å². The van der Waals surface area contributed by atoms with Crippen molar-refractivity contribution in [1.82, 2.24) is 14.7 Å². The molecule has 1 fully saturated rings. The molecule has 1 amide bonds. The number of aliphatic hydroxyl groups is 1. The third-order valence-corrected chi connectivity index (χ3v) is 4.27. The summed E-state index contributed by atoms with van der Waals surface area (Å²) in [6, 6.07) is 5.65. The van der Waals surface area contributed by atoms with Gasteiger partial charge in [-0.15, -0.1) is 0 Å². The smallest absolute Gasteiger partial charge is 0.550 e. The third kappa shape index (κ3) is 4.59. The zero-order chi connectivity index (χ0) is 18.1. The fourth-order valence-electron chi connectivity index (χ4n) is 2.98. The zero-order valence-electron chi connectivity index (χ0n) is 14.6. The summed E-state index contributed by atoms with van der Waals surface area (Å²) in [7, 11) is 0. The molecule has 0 spiro atoms. The second-order valence-electron chi connectivity index (χ2n) is 6.16. The topological polar surface area (TPSA) is 98.5 Å². The fourth-order valence-corrected chi connectivity index (χ4v) is 2.98. The number of piperidine rings is 1. The first kappa shape index (κ1) is 21.2. The Bertz CT molecular complexity index is 809. The number of likely N-dealkylation sites (tertiary alicyclic amines) is 1. The molecule has 3 rings (SSSR count). The molecule has 2 heterocycles. The van der Waals surface area contributed by atoms with E-state index in [4.69, 9.17) is 0 Å². The number of halogens is 1. The van der Waals surface area contributed by atoms with Crippen LogP contribution in [0.2, 0.25) is 0 Å². The van der Waals surface area contributed by atoms with Crippen molar-refractivity contribution in [3.8, 4) is 5.69 Å². The number of amides is 1. The zero-order valence-corrected chi connectivity index (χ0v) is 17.7. The van der Waals surface area contributed by atoms with Gasteiger partial charge in [0, 0.05) is 31.2 Å². The van der Waals surface area contributed by atoms with E-state index in [1.165, 1.54) is 40.0 Å². The Morgan fingerprint density at radius 1 is 1.27 bits per heavy atom. The van der Waals surface area contributed by atoms with Gasteiger partial charge in [0.15, 0.2) is 0 Å². The molecule has 1 saturated heterocycles. The summed E-state index contributed by atoms with van der Waals surface area (Å²) >= 11 is 0. The third-order valence-electron chi connectivity index (χ3n) is 4.27. The van der Waals surface area contributed by atoms with Crippen LogP contribution in [0, 0.1) is 18.7 Å². The Labute approximate surface area is 192 Å². The fraction of sp³-hybridized carbons (Fsp3) is 0.353. The average molecular weight is 385 g/mol. The van der Waals surface area contributed by atoms with Crippen LogP contribution in [0.3, 0.4) is 0 Å². The molecule has 7 nitrogen and oxygen atoms in total. The average Bonchev–Trinajstić information content (AvgIpc) is 2.96. The molecule has 26 heavy (non-hydrogen) atoms. The van der Waals surface area contributed by atoms with Crippen molar-refractivity contribution in [3.63, 3.8) is 0 Å². The van der Waals surface area contributed by atoms with Crippen molar-refractivity contribution < 1.29 is 75.6 Å². The van der Waals surface area contributed by atoms with E-state index in [9.17, 15) is 24.2 Å². The standard InChI is InChI=1S/C17H18FN3O4.K/c1-10-15(9-21(19-10)13-4-2-12(18)3-5-13)16(23)20-7-11(17(24)25)6-14(22)8-20;/h2-5,9,11,14,22H,6-8H2,1H3,(H,24,25);/q;+1/p-1. The number of carbonyl (C=O) groups excluding carboxylic acids is 2. The van der Waals surface area contributed by atoms with Gasteiger partial charge in [-0.05, 0) is 37.6 Å². The minimum absolute atomic E-state index is 0. The van der Waals surface area contributed by atoms with Crippen molar-refractivity contribution in [2.45, 2.75) is 19.4 Å². The predicted octanol–water partition coefficient (Wildman–Crippen LogP) is -3.10. The minimum atomic E-state index is -1.28. The number of aliphatic carboxylic acids is 1. The summed E-state index contributed by atoms with van der Waals surface area (Å²) in [6.07, 6.45) is 0.674. The van der Waals surface area contributed by atoms with Gasteiger partial charge in [-0.3, -0.25) is 4.79 Å². The number of carbonyl (C=O) groups is 2. The van der Waals surface area contributed by atoms with Crippen LogP contribution in [-0.4, -0.2) is 50.9 Å². The number of hydrogen-bond donors (Lipinski definition) is 1. The first-order valence-electron chi connectivity index (χ1n) is 7.85. The van der Waals surface area contributed by atoms with Crippen LogP contribution in [0.5, 0.6) is 0 Å². The van der Waals surface area contributed by atoms with Crippen molar-refractivity contribution in [2.24, 2.45) is 5.92 Å². The predicted molar refractivity (Wildman–Crippen MR) is 83.3 cm³/mol. The Hall–Kier alpha value is -1.10. The molecule has 1 N–H and O–H groups in total. The molecule has 0 saturated carbocycles. The molecule has 1 aromatic heterocycles. The Morgan fingerprint density at radius 2 is 1.92 bits per heavy atom. The number of carboxylic acids is 1. The molecule has 1 aliphatic heterocycles. The number of benzene rings is 1. The number of hydrogen-bond acceptors (Lipinski definition) is 5. The summed E-state index contributed by atoms with van der Waals surface area (Å²) in [5.41, 5.74) is 1.35. The summed E-state index contributed by atoms with van der Waals surface area (Å²) in [6.45, 7) is 1.70. The van der Waals surface area contributed by atoms with E-state index in [1.54, 1.807) is 6.92 Å². The molecule has 2 atom stereocenters. The number of aryl methyl sites for hydroxylation is 1. The van der Waals surface area contributed by atoms with Crippen LogP contribution in [-0.2, 0) is 4.79 Å². The molecule has 2 aromatic rings. The normalized spacial score (nSPS) is 19.7. The number of aromatic nitrogens is 2. The van der Waals surface area contributed by atoms with Gasteiger partial charge in [-0.25, -0.2) is 9.07 Å². The monoisotopic (exact) mass is 385 g/mol. The van der Waals surface area contributed by atoms with Gasteiger partial charge in [0.2, 0.25) is 0 Å². The van der Waals surface area contributed by atoms with E-state index < -0.39 is 23.9 Å². The van der Waals surface area contributed by atoms with Crippen LogP contribution < -0.4 is 56.5 Å². The molecule has 132 valence electrons. The molecule has 2 unspecified atom stereocenters. The van der Waals surface area contributed by atoms with Crippen molar-refractivity contribution in [1.29, 1.82) is 0 Å². The number of aliphatic hydroxyl groups excluding tert-OH is 1. The van der Waals surface area contributed by atoms with E-state index in [2.05, 4.69) is 5.10 Å². The minimum Gasteiger partial charge on any atom is -0.550 e. The van der Waals surface area contributed by atoms with E-state index in [0.717, 1.165) is 0 Å². The quantitative estimate of drug-likeness (QED) is 0.565. The van der Waals surface area contributed by atoms with Crippen LogP contribution in [0.25, 0.3) is 5.69 Å². The first-order valence-corrected chi connectivity index (χ1v) is 7.85. The Kier molecular flexibility index (Phi) is 7.11. The SMILES string of the molecule is Cc1nn(-c2ccc(F)cc2)cc1C(=O)N1CC(O)CC(C(=O)[O-])C1.[K+]. The van der Waals surface area contributed by atoms with Crippen LogP contribution in [0.15, 0.2) is 30.5 Å². The number of rotatable bonds is 3. The molecular formula is C17H17FKN3O4. The number of nitrogens with zero attached hydrogens (tertiary/aromatic N) is 3. The Balaban J connectivity index is 0.00000243. The van der Waals surface area contributed by atoms with Crippen molar-refractivity contribution in [2.75, 3.05) is 13.1 Å². The van der Waals surface area contributed by atoms with Crippen molar-refractivity contribution >= 4 is 11.9 Å². The van der Waals surface area contributed by atoms with E-state index in [1.807, 2.05) is 0 Å². The van der Waals surface area contributed by atoms with Crippen LogP contribution in [0.4, 0.5) is 4.39 Å². The second kappa shape index (κ2) is 8.72. The van der Waals surface area contributed by atoms with Gasteiger partial charge >= 0.3 is 51.4 Å². The summed E-state index contributed by atoms with van der Waals surface area (Å²) in [5, 5.41) is 25.2. The number of β-amino-alcohol motifs (C(OH)–C–C–N with tert-alkyl or cyclic N) is 1. The number of carboxylic acid groups (broad SMARTS) is 1. The maximum Gasteiger partial charge on any atom is 1.00 e. The largest absolute Gasteiger partial charge is 1.00 e. The maximum absolute atomic E-state index is 13.0. The van der Waals surface area contributed by atoms with Gasteiger partial charge < -0.3 is 19.9 Å². The summed E-state index contributed by atoms with van der Waals surface area (Å²) < 4.78 is 14.5. The van der Waals surface area contributed by atoms with Gasteiger partial charge in [0.1, 0.15) is 5.82 Å². The van der Waals surface area contributed by atoms with E-state index in [-0.39, 0.29) is 76.7 Å². The molecule has 1 aliphatic rings. The van der Waals surface area contributed by atoms with Gasteiger partial charge in [-0.2, -0.15) is 5.10 Å². The van der Waals surface area contributed by atoms with Gasteiger partial charge in [0.05, 0.1) is 23.0 Å².